The maximum atomic E-state index is 12.9. The van der Waals surface area contributed by atoms with Crippen molar-refractivity contribution in [2.45, 2.75) is 58.3 Å². The molecule has 1 aromatic carbocycles. The number of rotatable bonds is 7. The number of esters is 1. The number of nitrogens with two attached hydrogens (primary N) is 1. The van der Waals surface area contributed by atoms with Crippen molar-refractivity contribution in [3.8, 4) is 5.75 Å². The summed E-state index contributed by atoms with van der Waals surface area (Å²) in [5.41, 5.74) is 7.48. The minimum absolute atomic E-state index is 0.121. The number of fused-ring (bicyclic) bond motifs is 1. The molecule has 0 spiro atoms. The Labute approximate surface area is 202 Å². The summed E-state index contributed by atoms with van der Waals surface area (Å²) >= 11 is 1.26. The number of thiophene rings is 1. The van der Waals surface area contributed by atoms with Crippen molar-refractivity contribution in [1.82, 2.24) is 10.6 Å². The van der Waals surface area contributed by atoms with Gasteiger partial charge in [-0.05, 0) is 50.5 Å². The van der Waals surface area contributed by atoms with Gasteiger partial charge >= 0.3 is 5.97 Å². The van der Waals surface area contributed by atoms with Gasteiger partial charge in [-0.25, -0.2) is 4.79 Å². The minimum atomic E-state index is -0.796. The average molecular weight is 490 g/mol. The van der Waals surface area contributed by atoms with Crippen LogP contribution >= 0.6 is 11.3 Å². The molecule has 2 atom stereocenters. The van der Waals surface area contributed by atoms with E-state index in [-0.39, 0.29) is 30.5 Å². The van der Waals surface area contributed by atoms with Gasteiger partial charge in [0, 0.05) is 24.8 Å². The number of ether oxygens (including phenoxy) is 2. The molecular weight excluding hydrogens is 458 g/mol. The highest BCUT2D eigenvalue weighted by Gasteiger charge is 2.33. The molecule has 2 amide bonds. The van der Waals surface area contributed by atoms with Gasteiger partial charge in [-0.3, -0.25) is 9.59 Å². The molecule has 3 rings (SSSR count). The molecule has 0 bridgehead atoms. The van der Waals surface area contributed by atoms with Crippen molar-refractivity contribution in [3.05, 3.63) is 45.8 Å². The number of benzene rings is 1. The van der Waals surface area contributed by atoms with E-state index in [1.165, 1.54) is 30.4 Å². The molecule has 2 heterocycles. The summed E-state index contributed by atoms with van der Waals surface area (Å²) in [6.45, 7) is 7.27. The van der Waals surface area contributed by atoms with E-state index in [0.29, 0.717) is 23.6 Å². The van der Waals surface area contributed by atoms with Crippen molar-refractivity contribution < 1.29 is 29.0 Å². The predicted molar refractivity (Wildman–Crippen MR) is 129 cm³/mol. The van der Waals surface area contributed by atoms with Gasteiger partial charge in [-0.1, -0.05) is 12.1 Å². The van der Waals surface area contributed by atoms with E-state index in [4.69, 9.17) is 15.2 Å². The van der Waals surface area contributed by atoms with E-state index >= 15 is 0 Å². The van der Waals surface area contributed by atoms with Crippen molar-refractivity contribution in [2.24, 2.45) is 0 Å². The lowest BCUT2D eigenvalue weighted by Crippen LogP contribution is -2.48. The van der Waals surface area contributed by atoms with Crippen molar-refractivity contribution in [1.29, 1.82) is 0 Å². The van der Waals surface area contributed by atoms with Gasteiger partial charge in [0.05, 0.1) is 12.2 Å². The number of phenolic OH excluding ortho intramolecular Hbond substituents is 1. The quantitative estimate of drug-likeness (QED) is 0.438. The molecule has 2 aromatic rings. The number of hydrogen-bond donors (Lipinski definition) is 4. The lowest BCUT2D eigenvalue weighted by atomic mass is 10.0. The van der Waals surface area contributed by atoms with E-state index in [1.54, 1.807) is 32.9 Å². The van der Waals surface area contributed by atoms with Gasteiger partial charge < -0.3 is 30.9 Å². The largest absolute Gasteiger partial charge is 0.508 e. The second-order valence-electron chi connectivity index (χ2n) is 9.16. The van der Waals surface area contributed by atoms with Gasteiger partial charge in [-0.2, -0.15) is 0 Å². The number of carbonyl (C=O) groups excluding carboxylic acids is 3. The molecule has 1 aliphatic heterocycles. The van der Waals surface area contributed by atoms with Gasteiger partial charge in [0.1, 0.15) is 28.5 Å². The molecule has 0 saturated heterocycles. The van der Waals surface area contributed by atoms with Gasteiger partial charge in [0.25, 0.3) is 0 Å². The summed E-state index contributed by atoms with van der Waals surface area (Å²) in [4.78, 5) is 38.1. The van der Waals surface area contributed by atoms with Crippen LogP contribution in [0.2, 0.25) is 0 Å². The van der Waals surface area contributed by atoms with Gasteiger partial charge in [0.2, 0.25) is 11.8 Å². The summed E-state index contributed by atoms with van der Waals surface area (Å²) in [6.07, 6.45) is 0.317. The second-order valence-corrected chi connectivity index (χ2v) is 10.2. The molecular formula is C24H31N3O6S. The second kappa shape index (κ2) is 10.4. The van der Waals surface area contributed by atoms with Crippen LogP contribution in [0.5, 0.6) is 5.75 Å². The first-order valence-electron chi connectivity index (χ1n) is 11.0. The van der Waals surface area contributed by atoms with E-state index in [1.807, 2.05) is 0 Å². The Morgan fingerprint density at radius 2 is 1.94 bits per heavy atom. The van der Waals surface area contributed by atoms with Crippen LogP contribution < -0.4 is 16.4 Å². The first-order valence-corrected chi connectivity index (χ1v) is 11.8. The number of nitrogen functional groups attached to an aromatic ring is 1. The van der Waals surface area contributed by atoms with E-state index < -0.39 is 23.7 Å². The normalized spacial score (nSPS) is 16.3. The fraction of sp³-hybridized carbons (Fsp3) is 0.458. The fourth-order valence-electron chi connectivity index (χ4n) is 3.73. The Morgan fingerprint density at radius 3 is 2.56 bits per heavy atom. The summed E-state index contributed by atoms with van der Waals surface area (Å²) < 4.78 is 11.4. The van der Waals surface area contributed by atoms with Crippen LogP contribution in [0, 0.1) is 0 Å². The molecule has 0 aliphatic carbocycles. The zero-order chi connectivity index (χ0) is 25.0. The summed E-state index contributed by atoms with van der Waals surface area (Å²) in [6, 6.07) is 5.65. The maximum absolute atomic E-state index is 12.9. The third-order valence-electron chi connectivity index (χ3n) is 5.16. The Balaban J connectivity index is 1.72. The number of amides is 2. The van der Waals surface area contributed by atoms with Crippen molar-refractivity contribution in [2.75, 3.05) is 18.9 Å². The first kappa shape index (κ1) is 25.5. The molecule has 34 heavy (non-hydrogen) atoms. The standard InChI is InChI=1S/C24H31N3O6S/c1-13(28)27-17(11-14-5-7-15(29)8-6-14)22(30)26-12-18-20-16(9-10-32-18)19(21(25)34-20)23(31)33-24(2,3)4/h5-8,17-18,29H,9-12,25H2,1-4H3,(H,26,30)(H,27,28)/t17-,18?/m1/s1. The number of nitrogens with one attached hydrogen (secondary N) is 2. The highest BCUT2D eigenvalue weighted by atomic mass is 32.1. The SMILES string of the molecule is CC(=O)N[C@H](Cc1ccc(O)cc1)C(=O)NCC1OCCc2c1sc(N)c2C(=O)OC(C)(C)C. The Bertz CT molecular complexity index is 1060. The summed E-state index contributed by atoms with van der Waals surface area (Å²) in [7, 11) is 0. The average Bonchev–Trinajstić information content (AvgIpc) is 3.08. The van der Waals surface area contributed by atoms with Crippen LogP contribution in [0.25, 0.3) is 0 Å². The first-order chi connectivity index (χ1) is 15.9. The predicted octanol–water partition coefficient (Wildman–Crippen LogP) is 2.47. The van der Waals surface area contributed by atoms with E-state index in [0.717, 1.165) is 16.0 Å². The van der Waals surface area contributed by atoms with Crippen LogP contribution in [0.4, 0.5) is 5.00 Å². The number of phenols is 1. The number of carbonyl (C=O) groups is 3. The van der Waals surface area contributed by atoms with Crippen LogP contribution in [0.1, 0.15) is 60.2 Å². The smallest absolute Gasteiger partial charge is 0.341 e. The fourth-order valence-corrected chi connectivity index (χ4v) is 4.89. The van der Waals surface area contributed by atoms with E-state index in [9.17, 15) is 19.5 Å². The summed E-state index contributed by atoms with van der Waals surface area (Å²) in [5.74, 6) is -1.04. The lowest BCUT2D eigenvalue weighted by molar-refractivity contribution is -0.128. The molecule has 1 unspecified atom stereocenters. The third kappa shape index (κ3) is 6.48. The highest BCUT2D eigenvalue weighted by Crippen LogP contribution is 2.40. The van der Waals surface area contributed by atoms with Crippen molar-refractivity contribution >= 4 is 34.1 Å². The molecule has 1 aromatic heterocycles. The van der Waals surface area contributed by atoms with Gasteiger partial charge in [-0.15, -0.1) is 11.3 Å². The molecule has 0 fully saturated rings. The topological polar surface area (TPSA) is 140 Å². The molecule has 9 nitrogen and oxygen atoms in total. The number of aromatic hydroxyl groups is 1. The van der Waals surface area contributed by atoms with Crippen LogP contribution in [0.3, 0.4) is 0 Å². The third-order valence-corrected chi connectivity index (χ3v) is 6.32. The van der Waals surface area contributed by atoms with Crippen LogP contribution in [0.15, 0.2) is 24.3 Å². The van der Waals surface area contributed by atoms with Crippen LogP contribution in [-0.2, 0) is 31.9 Å². The molecule has 0 radical (unpaired) electrons. The number of hydrogen-bond acceptors (Lipinski definition) is 8. The van der Waals surface area contributed by atoms with Crippen molar-refractivity contribution in [3.63, 3.8) is 0 Å². The number of anilines is 1. The Hall–Kier alpha value is -3.11. The van der Waals surface area contributed by atoms with E-state index in [2.05, 4.69) is 10.6 Å². The molecule has 5 N–H and O–H groups in total. The maximum Gasteiger partial charge on any atom is 0.341 e. The monoisotopic (exact) mass is 489 g/mol. The molecule has 184 valence electrons. The molecule has 10 heteroatoms. The Kier molecular flexibility index (Phi) is 7.83. The Morgan fingerprint density at radius 1 is 1.26 bits per heavy atom. The minimum Gasteiger partial charge on any atom is -0.508 e. The summed E-state index contributed by atoms with van der Waals surface area (Å²) in [5, 5.41) is 15.3. The zero-order valence-corrected chi connectivity index (χ0v) is 20.6. The highest BCUT2D eigenvalue weighted by molar-refractivity contribution is 7.16. The van der Waals surface area contributed by atoms with Gasteiger partial charge in [0.15, 0.2) is 0 Å². The molecule has 0 saturated carbocycles. The lowest BCUT2D eigenvalue weighted by Gasteiger charge is -2.26. The zero-order valence-electron chi connectivity index (χ0n) is 19.8. The molecule has 1 aliphatic rings. The van der Waals surface area contributed by atoms with Crippen LogP contribution in [-0.4, -0.2) is 47.7 Å².